The summed E-state index contributed by atoms with van der Waals surface area (Å²) in [5.74, 6) is 1.61. The molecule has 4 N–H and O–H groups in total. The molecule has 0 radical (unpaired) electrons. The van der Waals surface area contributed by atoms with Gasteiger partial charge in [0, 0.05) is 67.6 Å². The van der Waals surface area contributed by atoms with Gasteiger partial charge in [-0.1, -0.05) is 0 Å². The highest BCUT2D eigenvalue weighted by molar-refractivity contribution is 7.19. The lowest BCUT2D eigenvalue weighted by atomic mass is 10.0. The molecule has 0 unspecified atom stereocenters. The molecule has 0 atom stereocenters. The van der Waals surface area contributed by atoms with Crippen LogP contribution in [-0.4, -0.2) is 65.2 Å². The number of amides is 1. The van der Waals surface area contributed by atoms with Crippen LogP contribution in [0.4, 0.5) is 17.2 Å². The van der Waals surface area contributed by atoms with Crippen LogP contribution in [0.25, 0.3) is 10.2 Å². The van der Waals surface area contributed by atoms with Gasteiger partial charge in [0.05, 0.1) is 18.2 Å². The molecule has 0 aliphatic carbocycles. The topological polar surface area (TPSA) is 120 Å². The zero-order chi connectivity index (χ0) is 22.9. The highest BCUT2D eigenvalue weighted by atomic mass is 32.1. The molecule has 5 rings (SSSR count). The molecule has 2 aromatic heterocycles. The number of carbonyl (C=O) groups excluding carboxylic acids is 1. The summed E-state index contributed by atoms with van der Waals surface area (Å²) in [5, 5.41) is 12.1. The Morgan fingerprint density at radius 2 is 2.15 bits per heavy atom. The molecule has 10 heteroatoms. The number of anilines is 3. The van der Waals surface area contributed by atoms with E-state index in [9.17, 15) is 4.79 Å². The maximum absolute atomic E-state index is 11.9. The Labute approximate surface area is 196 Å². The highest BCUT2D eigenvalue weighted by Crippen LogP contribution is 2.39. The molecule has 9 nitrogen and oxygen atoms in total. The number of hydrogen-bond acceptors (Lipinski definition) is 9. The molecule has 1 saturated heterocycles. The summed E-state index contributed by atoms with van der Waals surface area (Å²) in [4.78, 5) is 27.6. The van der Waals surface area contributed by atoms with Crippen LogP contribution in [0, 0.1) is 5.41 Å². The molecule has 4 heterocycles. The summed E-state index contributed by atoms with van der Waals surface area (Å²) in [7, 11) is 1.59. The molecule has 2 aliphatic rings. The fourth-order valence-corrected chi connectivity index (χ4v) is 5.83. The van der Waals surface area contributed by atoms with Crippen molar-refractivity contribution in [2.24, 2.45) is 0 Å². The number of nitrogens with zero attached hydrogens (tertiary/aromatic N) is 4. The third-order valence-corrected chi connectivity index (χ3v) is 7.51. The standard InChI is InChI=1S/C23H27N7O2S/c1-32-18-10-16(25)14(11-24)9-17(18)28-22-21-15-4-6-29(7-8-30-5-2-3-20(30)31)12-19(15)33-23(21)27-13-26-22/h9-11,13,24H,2-8,12,25H2,1H3,(H,26,27,28). The Bertz CT molecular complexity index is 1230. The molecule has 3 aromatic rings. The molecule has 1 aromatic carbocycles. The Morgan fingerprint density at radius 3 is 2.91 bits per heavy atom. The Balaban J connectivity index is 1.40. The van der Waals surface area contributed by atoms with Crippen molar-refractivity contribution in [1.82, 2.24) is 19.8 Å². The highest BCUT2D eigenvalue weighted by Gasteiger charge is 2.26. The summed E-state index contributed by atoms with van der Waals surface area (Å²) in [6, 6.07) is 3.52. The molecule has 2 aliphatic heterocycles. The van der Waals surface area contributed by atoms with E-state index in [1.807, 2.05) is 4.90 Å². The van der Waals surface area contributed by atoms with Gasteiger partial charge in [0.15, 0.2) is 0 Å². The van der Waals surface area contributed by atoms with Gasteiger partial charge in [-0.25, -0.2) is 9.97 Å². The maximum atomic E-state index is 11.9. The Morgan fingerprint density at radius 1 is 1.27 bits per heavy atom. The quantitative estimate of drug-likeness (QED) is 0.362. The van der Waals surface area contributed by atoms with Crippen molar-refractivity contribution in [1.29, 1.82) is 5.41 Å². The number of nitrogens with one attached hydrogen (secondary N) is 2. The second kappa shape index (κ2) is 8.95. The van der Waals surface area contributed by atoms with Crippen molar-refractivity contribution in [3.8, 4) is 5.75 Å². The van der Waals surface area contributed by atoms with Gasteiger partial charge in [-0.3, -0.25) is 9.69 Å². The molecule has 0 saturated carbocycles. The molecule has 1 amide bonds. The third kappa shape index (κ3) is 4.11. The van der Waals surface area contributed by atoms with E-state index in [-0.39, 0.29) is 5.91 Å². The number of nitrogens with two attached hydrogens (primary N) is 1. The smallest absolute Gasteiger partial charge is 0.222 e. The van der Waals surface area contributed by atoms with Gasteiger partial charge in [-0.2, -0.15) is 0 Å². The van der Waals surface area contributed by atoms with E-state index >= 15 is 0 Å². The molecule has 33 heavy (non-hydrogen) atoms. The van der Waals surface area contributed by atoms with Crippen LogP contribution in [0.15, 0.2) is 18.5 Å². The van der Waals surface area contributed by atoms with Gasteiger partial charge in [0.25, 0.3) is 0 Å². The van der Waals surface area contributed by atoms with E-state index in [1.54, 1.807) is 36.9 Å². The minimum absolute atomic E-state index is 0.282. The largest absolute Gasteiger partial charge is 0.494 e. The summed E-state index contributed by atoms with van der Waals surface area (Å²) >= 11 is 1.71. The van der Waals surface area contributed by atoms with E-state index in [0.717, 1.165) is 61.6 Å². The number of ether oxygens (including phenoxy) is 1. The van der Waals surface area contributed by atoms with E-state index < -0.39 is 0 Å². The number of hydrogen-bond donors (Lipinski definition) is 3. The molecular weight excluding hydrogens is 438 g/mol. The van der Waals surface area contributed by atoms with Crippen LogP contribution in [-0.2, 0) is 17.8 Å². The first kappa shape index (κ1) is 21.6. The van der Waals surface area contributed by atoms with E-state index in [0.29, 0.717) is 29.1 Å². The number of methoxy groups -OCH3 is 1. The number of likely N-dealkylation sites (tertiary alicyclic amines) is 1. The van der Waals surface area contributed by atoms with Gasteiger partial charge in [0.1, 0.15) is 22.7 Å². The lowest BCUT2D eigenvalue weighted by molar-refractivity contribution is -0.127. The van der Waals surface area contributed by atoms with Crippen LogP contribution in [0.5, 0.6) is 5.75 Å². The van der Waals surface area contributed by atoms with Crippen molar-refractivity contribution in [3.05, 3.63) is 34.5 Å². The number of aromatic nitrogens is 2. The number of rotatable bonds is 7. The minimum atomic E-state index is 0.282. The lowest BCUT2D eigenvalue weighted by Crippen LogP contribution is -2.38. The average Bonchev–Trinajstić information content (AvgIpc) is 3.41. The number of benzene rings is 1. The lowest BCUT2D eigenvalue weighted by Gasteiger charge is -2.28. The van der Waals surface area contributed by atoms with Crippen molar-refractivity contribution in [3.63, 3.8) is 0 Å². The first-order valence-corrected chi connectivity index (χ1v) is 11.9. The summed E-state index contributed by atoms with van der Waals surface area (Å²) in [5.41, 5.74) is 9.11. The zero-order valence-corrected chi connectivity index (χ0v) is 19.4. The number of fused-ring (bicyclic) bond motifs is 3. The maximum Gasteiger partial charge on any atom is 0.222 e. The molecule has 172 valence electrons. The fourth-order valence-electron chi connectivity index (χ4n) is 4.60. The predicted octanol–water partition coefficient (Wildman–Crippen LogP) is 3.00. The van der Waals surface area contributed by atoms with Crippen LogP contribution < -0.4 is 15.8 Å². The second-order valence-electron chi connectivity index (χ2n) is 8.37. The number of thiophene rings is 1. The molecular formula is C23H27N7O2S. The van der Waals surface area contributed by atoms with E-state index in [2.05, 4.69) is 20.2 Å². The third-order valence-electron chi connectivity index (χ3n) is 6.39. The Hall–Kier alpha value is -3.24. The number of carbonyl (C=O) groups is 1. The van der Waals surface area contributed by atoms with Crippen molar-refractivity contribution >= 4 is 50.9 Å². The van der Waals surface area contributed by atoms with Gasteiger partial charge >= 0.3 is 0 Å². The van der Waals surface area contributed by atoms with Gasteiger partial charge in [-0.05, 0) is 24.5 Å². The fraction of sp³-hybridized carbons (Fsp3) is 0.391. The predicted molar refractivity (Wildman–Crippen MR) is 131 cm³/mol. The SMILES string of the molecule is COc1cc(N)c(C=N)cc1Nc1ncnc2sc3c(c12)CCN(CCN1CCCC1=O)C3. The van der Waals surface area contributed by atoms with Gasteiger partial charge in [-0.15, -0.1) is 11.3 Å². The normalized spacial score (nSPS) is 16.3. The Kier molecular flexibility index (Phi) is 5.86. The second-order valence-corrected chi connectivity index (χ2v) is 9.45. The van der Waals surface area contributed by atoms with Crippen LogP contribution in [0.3, 0.4) is 0 Å². The number of nitrogen functional groups attached to an aromatic ring is 1. The zero-order valence-electron chi connectivity index (χ0n) is 18.6. The summed E-state index contributed by atoms with van der Waals surface area (Å²) in [6.07, 6.45) is 5.38. The monoisotopic (exact) mass is 465 g/mol. The summed E-state index contributed by atoms with van der Waals surface area (Å²) in [6.45, 7) is 4.39. The van der Waals surface area contributed by atoms with Gasteiger partial charge < -0.3 is 26.1 Å². The first-order valence-electron chi connectivity index (χ1n) is 11.1. The van der Waals surface area contributed by atoms with Crippen LogP contribution >= 0.6 is 11.3 Å². The molecule has 0 spiro atoms. The van der Waals surface area contributed by atoms with Gasteiger partial charge in [0.2, 0.25) is 5.91 Å². The molecule has 1 fully saturated rings. The van der Waals surface area contributed by atoms with Crippen LogP contribution in [0.2, 0.25) is 0 Å². The molecule has 0 bridgehead atoms. The first-order chi connectivity index (χ1) is 16.1. The van der Waals surface area contributed by atoms with Crippen LogP contribution in [0.1, 0.15) is 28.8 Å². The van der Waals surface area contributed by atoms with Crippen molar-refractivity contribution in [2.45, 2.75) is 25.8 Å². The minimum Gasteiger partial charge on any atom is -0.494 e. The van der Waals surface area contributed by atoms with Crippen molar-refractivity contribution < 1.29 is 9.53 Å². The van der Waals surface area contributed by atoms with E-state index in [1.165, 1.54) is 16.7 Å². The van der Waals surface area contributed by atoms with Crippen molar-refractivity contribution in [2.75, 3.05) is 44.3 Å². The summed E-state index contributed by atoms with van der Waals surface area (Å²) < 4.78 is 5.50. The average molecular weight is 466 g/mol. The van der Waals surface area contributed by atoms with E-state index in [4.69, 9.17) is 15.9 Å².